The minimum Gasteiger partial charge on any atom is -0.373 e. The molecule has 1 atom stereocenters. The summed E-state index contributed by atoms with van der Waals surface area (Å²) in [6.07, 6.45) is 6.62. The summed E-state index contributed by atoms with van der Waals surface area (Å²) in [7, 11) is -7.63. The Kier molecular flexibility index (Phi) is 6.83. The molecule has 4 rings (SSSR count). The van der Waals surface area contributed by atoms with Crippen molar-refractivity contribution in [3.05, 3.63) is 90.0 Å². The summed E-state index contributed by atoms with van der Waals surface area (Å²) in [6, 6.07) is 19.2. The van der Waals surface area contributed by atoms with E-state index >= 15 is 0 Å². The van der Waals surface area contributed by atoms with Crippen LogP contribution >= 0.6 is 0 Å². The highest BCUT2D eigenvalue weighted by Crippen LogP contribution is 2.33. The molecule has 1 aliphatic heterocycles. The van der Waals surface area contributed by atoms with Gasteiger partial charge in [-0.1, -0.05) is 48.6 Å². The topological polar surface area (TPSA) is 80.8 Å². The van der Waals surface area contributed by atoms with Crippen molar-refractivity contribution in [1.29, 1.82) is 0 Å². The van der Waals surface area contributed by atoms with Crippen molar-refractivity contribution in [3.63, 3.8) is 0 Å². The van der Waals surface area contributed by atoms with E-state index in [0.29, 0.717) is 17.2 Å². The van der Waals surface area contributed by atoms with Crippen molar-refractivity contribution in [1.82, 2.24) is 0 Å². The lowest BCUT2D eigenvalue weighted by molar-refractivity contribution is 0.392. The average molecular weight is 483 g/mol. The zero-order chi connectivity index (χ0) is 23.5. The van der Waals surface area contributed by atoms with E-state index in [4.69, 9.17) is 4.74 Å². The van der Waals surface area contributed by atoms with Gasteiger partial charge >= 0.3 is 0 Å². The molecule has 0 saturated carbocycles. The lowest BCUT2D eigenvalue weighted by Gasteiger charge is -2.15. The van der Waals surface area contributed by atoms with Crippen molar-refractivity contribution in [2.75, 3.05) is 6.61 Å². The van der Waals surface area contributed by atoms with Gasteiger partial charge in [-0.15, -0.1) is 0 Å². The van der Waals surface area contributed by atoms with Crippen molar-refractivity contribution in [2.24, 2.45) is 0 Å². The highest BCUT2D eigenvalue weighted by molar-refractivity contribution is 7.92. The number of benzene rings is 3. The van der Waals surface area contributed by atoms with Crippen molar-refractivity contribution in [2.45, 2.75) is 51.9 Å². The van der Waals surface area contributed by atoms with Crippen LogP contribution < -0.4 is 0 Å². The molecule has 1 heterocycles. The molecule has 0 aromatic heterocycles. The third-order valence-electron chi connectivity index (χ3n) is 5.69. The standard InChI is InChI=1S/C26H26O5S2/c1-20-24(16-10-2-5-11-21-19-31-21)26(33(29,30)23-14-8-4-9-15-23)18-17-25(20)32(27,28)22-12-6-3-7-13-22/h3-4,6-10,12-18,21H,2,5,11,19H2,1H3/b16-10+. The van der Waals surface area contributed by atoms with Crippen LogP contribution in [0.15, 0.2) is 98.5 Å². The van der Waals surface area contributed by atoms with E-state index < -0.39 is 19.7 Å². The van der Waals surface area contributed by atoms with Crippen LogP contribution in [0.1, 0.15) is 30.4 Å². The first-order valence-corrected chi connectivity index (χ1v) is 13.8. The molecule has 0 radical (unpaired) electrons. The molecule has 0 aliphatic carbocycles. The molecule has 5 nitrogen and oxygen atoms in total. The van der Waals surface area contributed by atoms with Crippen LogP contribution in [-0.2, 0) is 24.4 Å². The molecule has 7 heteroatoms. The zero-order valence-corrected chi connectivity index (χ0v) is 20.0. The molecule has 0 amide bonds. The molecule has 0 N–H and O–H groups in total. The van der Waals surface area contributed by atoms with Gasteiger partial charge in [0.2, 0.25) is 19.7 Å². The molecule has 0 spiro atoms. The van der Waals surface area contributed by atoms with Gasteiger partial charge < -0.3 is 4.74 Å². The van der Waals surface area contributed by atoms with E-state index in [-0.39, 0.29) is 19.6 Å². The Morgan fingerprint density at radius 3 is 1.88 bits per heavy atom. The summed E-state index contributed by atoms with van der Waals surface area (Å²) in [4.78, 5) is 0.543. The smallest absolute Gasteiger partial charge is 0.207 e. The molecule has 3 aromatic rings. The van der Waals surface area contributed by atoms with E-state index in [1.807, 2.05) is 6.08 Å². The van der Waals surface area contributed by atoms with Gasteiger partial charge in [-0.25, -0.2) is 16.8 Å². The second kappa shape index (κ2) is 9.63. The van der Waals surface area contributed by atoms with Gasteiger partial charge in [0.15, 0.2) is 0 Å². The third-order valence-corrected chi connectivity index (χ3v) is 9.44. The molecule has 1 fully saturated rings. The second-order valence-corrected chi connectivity index (χ2v) is 11.9. The summed E-state index contributed by atoms with van der Waals surface area (Å²) >= 11 is 0. The van der Waals surface area contributed by atoms with Crippen LogP contribution in [0.5, 0.6) is 0 Å². The third kappa shape index (κ3) is 5.11. The van der Waals surface area contributed by atoms with Crippen LogP contribution in [0.4, 0.5) is 0 Å². The van der Waals surface area contributed by atoms with Crippen LogP contribution in [-0.4, -0.2) is 29.5 Å². The van der Waals surface area contributed by atoms with Crippen molar-refractivity contribution in [3.8, 4) is 0 Å². The molecular weight excluding hydrogens is 456 g/mol. The number of epoxide rings is 1. The number of hydrogen-bond donors (Lipinski definition) is 0. The van der Waals surface area contributed by atoms with Crippen LogP contribution in [0.25, 0.3) is 6.08 Å². The Labute approximate surface area is 195 Å². The molecule has 1 saturated heterocycles. The molecule has 33 heavy (non-hydrogen) atoms. The first-order chi connectivity index (χ1) is 15.8. The summed E-state index contributed by atoms with van der Waals surface area (Å²) < 4.78 is 58.7. The number of rotatable bonds is 9. The first kappa shape index (κ1) is 23.4. The normalized spacial score (nSPS) is 16.2. The van der Waals surface area contributed by atoms with Crippen LogP contribution in [0, 0.1) is 6.92 Å². The SMILES string of the molecule is Cc1c(S(=O)(=O)c2ccccc2)ccc(S(=O)(=O)c2ccccc2)c1/C=C/CCCC1CO1. The Morgan fingerprint density at radius 2 is 1.33 bits per heavy atom. The average Bonchev–Trinajstić information content (AvgIpc) is 3.65. The maximum absolute atomic E-state index is 13.4. The minimum absolute atomic E-state index is 0.0972. The van der Waals surface area contributed by atoms with Gasteiger partial charge in [0.25, 0.3) is 0 Å². The van der Waals surface area contributed by atoms with E-state index in [0.717, 1.165) is 25.9 Å². The Hall–Kier alpha value is -2.74. The van der Waals surface area contributed by atoms with Gasteiger partial charge in [-0.3, -0.25) is 0 Å². The van der Waals surface area contributed by atoms with E-state index in [1.165, 1.54) is 12.1 Å². The maximum atomic E-state index is 13.4. The highest BCUT2D eigenvalue weighted by atomic mass is 32.2. The largest absolute Gasteiger partial charge is 0.373 e. The number of sulfone groups is 2. The fourth-order valence-electron chi connectivity index (χ4n) is 3.77. The Morgan fingerprint density at radius 1 is 0.818 bits per heavy atom. The summed E-state index contributed by atoms with van der Waals surface area (Å²) in [5.41, 5.74) is 0.816. The maximum Gasteiger partial charge on any atom is 0.207 e. The molecule has 1 aliphatic rings. The number of allylic oxidation sites excluding steroid dienone is 1. The van der Waals surface area contributed by atoms with Gasteiger partial charge in [-0.2, -0.15) is 0 Å². The summed E-state index contributed by atoms with van der Waals surface area (Å²) in [6.45, 7) is 2.47. The summed E-state index contributed by atoms with van der Waals surface area (Å²) in [5, 5.41) is 0. The second-order valence-electron chi connectivity index (χ2n) is 8.02. The quantitative estimate of drug-likeness (QED) is 0.308. The summed E-state index contributed by atoms with van der Waals surface area (Å²) in [5.74, 6) is 0. The highest BCUT2D eigenvalue weighted by Gasteiger charge is 2.27. The van der Waals surface area contributed by atoms with Gasteiger partial charge in [0, 0.05) is 0 Å². The van der Waals surface area contributed by atoms with Crippen molar-refractivity contribution >= 4 is 25.8 Å². The van der Waals surface area contributed by atoms with Gasteiger partial charge in [-0.05, 0) is 73.7 Å². The monoisotopic (exact) mass is 482 g/mol. The molecule has 3 aromatic carbocycles. The number of hydrogen-bond acceptors (Lipinski definition) is 5. The Balaban J connectivity index is 1.79. The van der Waals surface area contributed by atoms with Crippen molar-refractivity contribution < 1.29 is 21.6 Å². The predicted octanol–water partition coefficient (Wildman–Crippen LogP) is 5.24. The van der Waals surface area contributed by atoms with Gasteiger partial charge in [0.05, 0.1) is 32.3 Å². The molecule has 1 unspecified atom stereocenters. The van der Waals surface area contributed by atoms with Crippen LogP contribution in [0.2, 0.25) is 0 Å². The Bertz CT molecular complexity index is 1360. The van der Waals surface area contributed by atoms with E-state index in [2.05, 4.69) is 0 Å². The van der Waals surface area contributed by atoms with E-state index in [1.54, 1.807) is 73.7 Å². The first-order valence-electron chi connectivity index (χ1n) is 10.8. The minimum atomic E-state index is -3.83. The number of ether oxygens (including phenoxy) is 1. The molecular formula is C26H26O5S2. The van der Waals surface area contributed by atoms with Crippen LogP contribution in [0.3, 0.4) is 0 Å². The molecule has 0 bridgehead atoms. The fourth-order valence-corrected chi connectivity index (χ4v) is 6.83. The lowest BCUT2D eigenvalue weighted by Crippen LogP contribution is -2.10. The fraction of sp³-hybridized carbons (Fsp3) is 0.231. The predicted molar refractivity (Wildman–Crippen MR) is 128 cm³/mol. The lowest BCUT2D eigenvalue weighted by atomic mass is 10.1. The number of unbranched alkanes of at least 4 members (excludes halogenated alkanes) is 1. The molecule has 172 valence electrons. The zero-order valence-electron chi connectivity index (χ0n) is 18.3. The van der Waals surface area contributed by atoms with E-state index in [9.17, 15) is 16.8 Å². The van der Waals surface area contributed by atoms with Gasteiger partial charge in [0.1, 0.15) is 0 Å².